The molecule has 3 aromatic heterocycles. The fraction of sp³-hybridized carbons (Fsp3) is 0.136. The molecule has 31 heavy (non-hydrogen) atoms. The standard InChI is InChI=1S/C22H17F2N5S2/c23-21(24)29-18-11-5-4-10-17(18)25-20(29)14-31-22-27-26-19(13-16-9-6-12-30-16)28(22)15-7-2-1-3-8-15/h1-12,21H,13-14H2. The summed E-state index contributed by atoms with van der Waals surface area (Å²) >= 11 is 3.02. The second kappa shape index (κ2) is 8.60. The summed E-state index contributed by atoms with van der Waals surface area (Å²) in [5, 5.41) is 11.5. The molecule has 0 amide bonds. The number of hydrogen-bond acceptors (Lipinski definition) is 5. The number of thioether (sulfide) groups is 1. The summed E-state index contributed by atoms with van der Waals surface area (Å²) in [6.45, 7) is -2.66. The van der Waals surface area contributed by atoms with Crippen molar-refractivity contribution in [1.82, 2.24) is 24.3 Å². The van der Waals surface area contributed by atoms with Crippen molar-refractivity contribution in [2.75, 3.05) is 0 Å². The van der Waals surface area contributed by atoms with E-state index in [2.05, 4.69) is 21.2 Å². The normalized spacial score (nSPS) is 11.6. The van der Waals surface area contributed by atoms with Gasteiger partial charge in [-0.25, -0.2) is 4.98 Å². The molecule has 0 saturated heterocycles. The van der Waals surface area contributed by atoms with Crippen LogP contribution < -0.4 is 0 Å². The van der Waals surface area contributed by atoms with Crippen molar-refractivity contribution in [3.63, 3.8) is 0 Å². The number of aromatic nitrogens is 5. The zero-order chi connectivity index (χ0) is 21.2. The van der Waals surface area contributed by atoms with Gasteiger partial charge in [-0.1, -0.05) is 48.2 Å². The molecule has 0 saturated carbocycles. The summed E-state index contributed by atoms with van der Waals surface area (Å²) < 4.78 is 30.5. The van der Waals surface area contributed by atoms with Crippen LogP contribution >= 0.6 is 23.1 Å². The Kier molecular flexibility index (Phi) is 5.52. The van der Waals surface area contributed by atoms with Crippen LogP contribution in [0.5, 0.6) is 0 Å². The second-order valence-electron chi connectivity index (χ2n) is 6.78. The molecular formula is C22H17F2N5S2. The minimum Gasteiger partial charge on any atom is -0.274 e. The number of thiophene rings is 1. The number of nitrogens with zero attached hydrogens (tertiary/aromatic N) is 5. The molecule has 156 valence electrons. The van der Waals surface area contributed by atoms with Crippen molar-refractivity contribution < 1.29 is 8.78 Å². The fourth-order valence-corrected chi connectivity index (χ4v) is 5.06. The quantitative estimate of drug-likeness (QED) is 0.286. The molecule has 2 aromatic carbocycles. The van der Waals surface area contributed by atoms with E-state index in [4.69, 9.17) is 0 Å². The zero-order valence-corrected chi connectivity index (χ0v) is 17.9. The van der Waals surface area contributed by atoms with Crippen LogP contribution in [0.3, 0.4) is 0 Å². The van der Waals surface area contributed by atoms with Crippen molar-refractivity contribution >= 4 is 34.1 Å². The number of fused-ring (bicyclic) bond motifs is 1. The van der Waals surface area contributed by atoms with Crippen molar-refractivity contribution in [1.29, 1.82) is 0 Å². The average molecular weight is 454 g/mol. The highest BCUT2D eigenvalue weighted by Crippen LogP contribution is 2.30. The van der Waals surface area contributed by atoms with Crippen LogP contribution in [0.2, 0.25) is 0 Å². The Labute approximate surface area is 185 Å². The number of para-hydroxylation sites is 3. The Morgan fingerprint density at radius 1 is 0.903 bits per heavy atom. The van der Waals surface area contributed by atoms with E-state index in [1.807, 2.05) is 46.3 Å². The molecule has 0 aliphatic rings. The third-order valence-electron chi connectivity index (χ3n) is 4.82. The Hall–Kier alpha value is -3.04. The van der Waals surface area contributed by atoms with E-state index in [0.29, 0.717) is 28.4 Å². The van der Waals surface area contributed by atoms with Crippen LogP contribution in [-0.4, -0.2) is 24.3 Å². The average Bonchev–Trinajstić information content (AvgIpc) is 3.51. The molecule has 0 N–H and O–H groups in total. The first-order valence-corrected chi connectivity index (χ1v) is 11.5. The van der Waals surface area contributed by atoms with Gasteiger partial charge in [0.2, 0.25) is 0 Å². The van der Waals surface area contributed by atoms with Crippen LogP contribution in [0.15, 0.2) is 77.3 Å². The van der Waals surface area contributed by atoms with E-state index in [1.54, 1.807) is 35.6 Å². The smallest absolute Gasteiger partial charge is 0.274 e. The number of hydrogen-bond donors (Lipinski definition) is 0. The Morgan fingerprint density at radius 3 is 2.48 bits per heavy atom. The van der Waals surface area contributed by atoms with Gasteiger partial charge in [0.05, 0.1) is 16.8 Å². The minimum absolute atomic E-state index is 0.253. The lowest BCUT2D eigenvalue weighted by Gasteiger charge is -2.10. The van der Waals surface area contributed by atoms with E-state index in [1.165, 1.54) is 16.6 Å². The highest BCUT2D eigenvalue weighted by Gasteiger charge is 2.20. The van der Waals surface area contributed by atoms with Crippen LogP contribution in [0, 0.1) is 0 Å². The van der Waals surface area contributed by atoms with Crippen molar-refractivity contribution in [2.24, 2.45) is 0 Å². The molecule has 0 spiro atoms. The lowest BCUT2D eigenvalue weighted by atomic mass is 10.3. The van der Waals surface area contributed by atoms with Gasteiger partial charge in [-0.05, 0) is 35.7 Å². The predicted octanol–water partition coefficient (Wildman–Crippen LogP) is 5.96. The second-order valence-corrected chi connectivity index (χ2v) is 8.75. The largest absolute Gasteiger partial charge is 0.320 e. The molecule has 0 aliphatic heterocycles. The van der Waals surface area contributed by atoms with Crippen molar-refractivity contribution in [3.8, 4) is 5.69 Å². The van der Waals surface area contributed by atoms with Gasteiger partial charge >= 0.3 is 6.55 Å². The molecule has 3 heterocycles. The molecule has 9 heteroatoms. The van der Waals surface area contributed by atoms with Crippen LogP contribution in [0.4, 0.5) is 8.78 Å². The first-order chi connectivity index (χ1) is 15.2. The summed E-state index contributed by atoms with van der Waals surface area (Å²) in [5.41, 5.74) is 1.92. The van der Waals surface area contributed by atoms with E-state index < -0.39 is 6.55 Å². The van der Waals surface area contributed by atoms with Gasteiger partial charge in [0.25, 0.3) is 0 Å². The monoisotopic (exact) mass is 453 g/mol. The number of halogens is 2. The number of rotatable bonds is 7. The SMILES string of the molecule is FC(F)n1c(CSc2nnc(Cc3cccs3)n2-c2ccccc2)nc2ccccc21. The summed E-state index contributed by atoms with van der Waals surface area (Å²) in [6.07, 6.45) is 0.648. The Morgan fingerprint density at radius 2 is 1.71 bits per heavy atom. The third-order valence-corrected chi connectivity index (χ3v) is 6.62. The fourth-order valence-electron chi connectivity index (χ4n) is 3.46. The molecule has 0 bridgehead atoms. The molecular weight excluding hydrogens is 436 g/mol. The first kappa shape index (κ1) is 19.9. The van der Waals surface area contributed by atoms with Crippen molar-refractivity contribution in [2.45, 2.75) is 23.9 Å². The molecule has 0 aliphatic carbocycles. The van der Waals surface area contributed by atoms with Crippen molar-refractivity contribution in [3.05, 3.63) is 88.6 Å². The molecule has 5 rings (SSSR count). The van der Waals surface area contributed by atoms with E-state index in [-0.39, 0.29) is 5.75 Å². The highest BCUT2D eigenvalue weighted by atomic mass is 32.2. The maximum Gasteiger partial charge on any atom is 0.320 e. The highest BCUT2D eigenvalue weighted by molar-refractivity contribution is 7.98. The van der Waals surface area contributed by atoms with E-state index in [0.717, 1.165) is 16.1 Å². The van der Waals surface area contributed by atoms with E-state index >= 15 is 0 Å². The van der Waals surface area contributed by atoms with Gasteiger partial charge in [0.15, 0.2) is 5.16 Å². The third kappa shape index (κ3) is 3.98. The topological polar surface area (TPSA) is 48.5 Å². The minimum atomic E-state index is -2.66. The van der Waals surface area contributed by atoms with Gasteiger partial charge in [-0.15, -0.1) is 21.5 Å². The lowest BCUT2D eigenvalue weighted by molar-refractivity contribution is 0.0722. The summed E-state index contributed by atoms with van der Waals surface area (Å²) in [4.78, 5) is 5.61. The summed E-state index contributed by atoms with van der Waals surface area (Å²) in [7, 11) is 0. The molecule has 5 nitrogen and oxygen atoms in total. The summed E-state index contributed by atoms with van der Waals surface area (Å²) in [6, 6.07) is 20.8. The van der Waals surface area contributed by atoms with Crippen LogP contribution in [-0.2, 0) is 12.2 Å². The van der Waals surface area contributed by atoms with Gasteiger partial charge in [-0.3, -0.25) is 9.13 Å². The maximum atomic E-state index is 13.8. The van der Waals surface area contributed by atoms with Crippen LogP contribution in [0.1, 0.15) is 23.1 Å². The Bertz CT molecular complexity index is 1300. The first-order valence-electron chi connectivity index (χ1n) is 9.59. The number of benzene rings is 2. The Balaban J connectivity index is 1.49. The number of alkyl halides is 2. The van der Waals surface area contributed by atoms with Gasteiger partial charge < -0.3 is 0 Å². The number of imidazole rings is 1. The van der Waals surface area contributed by atoms with Crippen LogP contribution in [0.25, 0.3) is 16.7 Å². The lowest BCUT2D eigenvalue weighted by Crippen LogP contribution is -2.05. The molecule has 0 unspecified atom stereocenters. The summed E-state index contributed by atoms with van der Waals surface area (Å²) in [5.74, 6) is 1.37. The van der Waals surface area contributed by atoms with Gasteiger partial charge in [0.1, 0.15) is 11.6 Å². The maximum absolute atomic E-state index is 13.8. The zero-order valence-electron chi connectivity index (χ0n) is 16.2. The predicted molar refractivity (Wildman–Crippen MR) is 119 cm³/mol. The molecule has 0 atom stereocenters. The van der Waals surface area contributed by atoms with E-state index in [9.17, 15) is 8.78 Å². The molecule has 5 aromatic rings. The van der Waals surface area contributed by atoms with Gasteiger partial charge in [0, 0.05) is 17.0 Å². The molecule has 0 radical (unpaired) electrons. The molecule has 0 fully saturated rings. The van der Waals surface area contributed by atoms with Gasteiger partial charge in [-0.2, -0.15) is 8.78 Å².